The number of aromatic amines is 1. The first-order chi connectivity index (χ1) is 19.5. The van der Waals surface area contributed by atoms with E-state index in [1.807, 2.05) is 30.5 Å². The van der Waals surface area contributed by atoms with Crippen LogP contribution in [0.4, 0.5) is 0 Å². The van der Waals surface area contributed by atoms with Gasteiger partial charge in [-0.15, -0.1) is 0 Å². The molecule has 0 aliphatic rings. The fourth-order valence-corrected chi connectivity index (χ4v) is 5.43. The van der Waals surface area contributed by atoms with Crippen LogP contribution in [-0.2, 0) is 5.41 Å². The molecular weight excluding hydrogens is 488 g/mol. The first-order valence-corrected chi connectivity index (χ1v) is 13.7. The lowest BCUT2D eigenvalue weighted by molar-refractivity contribution is 0.591. The van der Waals surface area contributed by atoms with E-state index >= 15 is 0 Å². The molecule has 0 saturated heterocycles. The molecule has 7 rings (SSSR count). The number of hydrogen-bond donors (Lipinski definition) is 1. The van der Waals surface area contributed by atoms with Gasteiger partial charge in [0, 0.05) is 33.8 Å². The fraction of sp³-hybridized carbons (Fsp3) is 0.111. The standard InChI is InChI=1S/C36H30N4/c1-36(2,3)27-15-19-33-29(23-27)28-16-17-32(26-13-9-12-25(22-26)30-14-7-8-21-37-30)39-35(28)40(33)34-20-18-31(38-34)24-10-5-4-6-11-24/h4-23,38H,1-3H3. The van der Waals surface area contributed by atoms with Crippen LogP contribution < -0.4 is 0 Å². The van der Waals surface area contributed by atoms with E-state index in [1.54, 1.807) is 0 Å². The second-order valence-corrected chi connectivity index (χ2v) is 11.3. The van der Waals surface area contributed by atoms with Gasteiger partial charge in [-0.2, -0.15) is 0 Å². The highest BCUT2D eigenvalue weighted by Gasteiger charge is 2.20. The maximum atomic E-state index is 5.29. The molecule has 0 saturated carbocycles. The van der Waals surface area contributed by atoms with Crippen LogP contribution in [0.25, 0.3) is 61.5 Å². The average Bonchev–Trinajstić information content (AvgIpc) is 3.60. The lowest BCUT2D eigenvalue weighted by Gasteiger charge is -2.19. The molecule has 40 heavy (non-hydrogen) atoms. The molecule has 194 valence electrons. The maximum absolute atomic E-state index is 5.29. The van der Waals surface area contributed by atoms with Crippen LogP contribution in [0.5, 0.6) is 0 Å². The molecule has 4 aromatic heterocycles. The molecule has 0 aliphatic carbocycles. The Morgan fingerprint density at radius 3 is 2.17 bits per heavy atom. The van der Waals surface area contributed by atoms with Gasteiger partial charge < -0.3 is 4.98 Å². The lowest BCUT2D eigenvalue weighted by atomic mass is 9.86. The van der Waals surface area contributed by atoms with Gasteiger partial charge in [0.05, 0.1) is 16.9 Å². The number of pyridine rings is 2. The number of nitrogens with zero attached hydrogens (tertiary/aromatic N) is 3. The van der Waals surface area contributed by atoms with Gasteiger partial charge in [0.1, 0.15) is 11.5 Å². The Hall–Kier alpha value is -4.96. The molecule has 0 atom stereocenters. The monoisotopic (exact) mass is 518 g/mol. The van der Waals surface area contributed by atoms with E-state index < -0.39 is 0 Å². The Morgan fingerprint density at radius 1 is 0.625 bits per heavy atom. The topological polar surface area (TPSA) is 46.5 Å². The molecular formula is C36H30N4. The SMILES string of the molecule is CC(C)(C)c1ccc2c(c1)c1ccc(-c3cccc(-c4ccccn4)c3)nc1n2-c1ccc(-c2ccccc2)[nH]1. The first-order valence-electron chi connectivity index (χ1n) is 13.7. The average molecular weight is 519 g/mol. The number of nitrogens with one attached hydrogen (secondary N) is 1. The van der Waals surface area contributed by atoms with Crippen LogP contribution in [0.2, 0.25) is 0 Å². The van der Waals surface area contributed by atoms with Crippen LogP contribution in [0, 0.1) is 0 Å². The highest BCUT2D eigenvalue weighted by Crippen LogP contribution is 2.36. The van der Waals surface area contributed by atoms with Crippen molar-refractivity contribution in [2.45, 2.75) is 26.2 Å². The van der Waals surface area contributed by atoms with Gasteiger partial charge in [-0.25, -0.2) is 4.98 Å². The van der Waals surface area contributed by atoms with Gasteiger partial charge in [0.15, 0.2) is 0 Å². The molecule has 4 heterocycles. The predicted octanol–water partition coefficient (Wildman–Crippen LogP) is 9.20. The predicted molar refractivity (Wildman–Crippen MR) is 166 cm³/mol. The largest absolute Gasteiger partial charge is 0.341 e. The van der Waals surface area contributed by atoms with E-state index in [-0.39, 0.29) is 5.41 Å². The Balaban J connectivity index is 1.44. The number of fused-ring (bicyclic) bond motifs is 3. The summed E-state index contributed by atoms with van der Waals surface area (Å²) < 4.78 is 2.26. The number of H-pyrrole nitrogens is 1. The van der Waals surface area contributed by atoms with E-state index in [2.05, 4.69) is 126 Å². The van der Waals surface area contributed by atoms with Crippen molar-refractivity contribution in [2.75, 3.05) is 0 Å². The third kappa shape index (κ3) is 4.18. The van der Waals surface area contributed by atoms with E-state index in [4.69, 9.17) is 4.98 Å². The van der Waals surface area contributed by atoms with E-state index in [9.17, 15) is 0 Å². The van der Waals surface area contributed by atoms with Crippen molar-refractivity contribution < 1.29 is 0 Å². The van der Waals surface area contributed by atoms with Crippen molar-refractivity contribution in [3.8, 4) is 39.6 Å². The van der Waals surface area contributed by atoms with Gasteiger partial charge in [-0.1, -0.05) is 81.4 Å². The summed E-state index contributed by atoms with van der Waals surface area (Å²) in [6.45, 7) is 6.78. The third-order valence-electron chi connectivity index (χ3n) is 7.60. The van der Waals surface area contributed by atoms with Crippen LogP contribution in [0.3, 0.4) is 0 Å². The van der Waals surface area contributed by atoms with Gasteiger partial charge in [-0.3, -0.25) is 9.55 Å². The molecule has 0 radical (unpaired) electrons. The summed E-state index contributed by atoms with van der Waals surface area (Å²) in [5.74, 6) is 0.995. The zero-order chi connectivity index (χ0) is 27.3. The van der Waals surface area contributed by atoms with Crippen molar-refractivity contribution >= 4 is 21.9 Å². The highest BCUT2D eigenvalue weighted by molar-refractivity contribution is 6.08. The molecule has 0 unspecified atom stereocenters. The molecule has 4 nitrogen and oxygen atoms in total. The van der Waals surface area contributed by atoms with Crippen LogP contribution in [0.15, 0.2) is 121 Å². The van der Waals surface area contributed by atoms with Crippen molar-refractivity contribution in [2.24, 2.45) is 0 Å². The second kappa shape index (κ2) is 9.35. The Morgan fingerprint density at radius 2 is 1.40 bits per heavy atom. The minimum atomic E-state index is 0.0504. The first kappa shape index (κ1) is 24.1. The lowest BCUT2D eigenvalue weighted by Crippen LogP contribution is -2.10. The summed E-state index contributed by atoms with van der Waals surface area (Å²) in [7, 11) is 0. The van der Waals surface area contributed by atoms with Crippen LogP contribution in [-0.4, -0.2) is 19.5 Å². The van der Waals surface area contributed by atoms with Gasteiger partial charge >= 0.3 is 0 Å². The van der Waals surface area contributed by atoms with Crippen LogP contribution in [0.1, 0.15) is 26.3 Å². The third-order valence-corrected chi connectivity index (χ3v) is 7.60. The highest BCUT2D eigenvalue weighted by atomic mass is 15.1. The molecule has 7 aromatic rings. The summed E-state index contributed by atoms with van der Waals surface area (Å²) in [6.07, 6.45) is 1.83. The number of rotatable bonds is 4. The summed E-state index contributed by atoms with van der Waals surface area (Å²) in [4.78, 5) is 13.5. The minimum absolute atomic E-state index is 0.0504. The Bertz CT molecular complexity index is 1970. The van der Waals surface area contributed by atoms with Crippen molar-refractivity contribution in [1.82, 2.24) is 19.5 Å². The fourth-order valence-electron chi connectivity index (χ4n) is 5.43. The quantitative estimate of drug-likeness (QED) is 0.252. The Labute approximate surface area is 234 Å². The summed E-state index contributed by atoms with van der Waals surface area (Å²) in [5, 5.41) is 2.35. The number of aromatic nitrogens is 4. The summed E-state index contributed by atoms with van der Waals surface area (Å²) >= 11 is 0. The van der Waals surface area contributed by atoms with Gasteiger partial charge in [0.2, 0.25) is 0 Å². The zero-order valence-corrected chi connectivity index (χ0v) is 22.9. The summed E-state index contributed by atoms with van der Waals surface area (Å²) in [5.41, 5.74) is 9.69. The zero-order valence-electron chi connectivity index (χ0n) is 22.9. The van der Waals surface area contributed by atoms with E-state index in [1.165, 1.54) is 10.9 Å². The van der Waals surface area contributed by atoms with Gasteiger partial charge in [0.25, 0.3) is 0 Å². The van der Waals surface area contributed by atoms with E-state index in [0.29, 0.717) is 0 Å². The second-order valence-electron chi connectivity index (χ2n) is 11.3. The molecule has 0 amide bonds. The van der Waals surface area contributed by atoms with Crippen molar-refractivity contribution in [3.05, 3.63) is 127 Å². The molecule has 4 heteroatoms. The molecule has 0 bridgehead atoms. The molecule has 0 spiro atoms. The number of hydrogen-bond acceptors (Lipinski definition) is 2. The minimum Gasteiger partial charge on any atom is -0.341 e. The van der Waals surface area contributed by atoms with Crippen molar-refractivity contribution in [1.29, 1.82) is 0 Å². The molecule has 1 N–H and O–H groups in total. The Kier molecular flexibility index (Phi) is 5.64. The van der Waals surface area contributed by atoms with Crippen molar-refractivity contribution in [3.63, 3.8) is 0 Å². The van der Waals surface area contributed by atoms with Crippen LogP contribution >= 0.6 is 0 Å². The number of benzene rings is 3. The normalized spacial score (nSPS) is 11.9. The molecule has 0 aliphatic heterocycles. The summed E-state index contributed by atoms with van der Waals surface area (Å²) in [6, 6.07) is 40.4. The van der Waals surface area contributed by atoms with E-state index in [0.717, 1.165) is 56.1 Å². The maximum Gasteiger partial charge on any atom is 0.147 e. The smallest absolute Gasteiger partial charge is 0.147 e. The van der Waals surface area contributed by atoms with Gasteiger partial charge in [-0.05, 0) is 71.1 Å². The molecule has 3 aromatic carbocycles. The molecule has 0 fully saturated rings.